The number of hydrogen-bond acceptors (Lipinski definition) is 6. The van der Waals surface area contributed by atoms with Gasteiger partial charge in [0.15, 0.2) is 6.10 Å². The van der Waals surface area contributed by atoms with Crippen molar-refractivity contribution < 1.29 is 24.0 Å². The van der Waals surface area contributed by atoms with Gasteiger partial charge in [-0.05, 0) is 31.5 Å². The van der Waals surface area contributed by atoms with Gasteiger partial charge >= 0.3 is 5.97 Å². The molecule has 1 unspecified atom stereocenters. The fourth-order valence-electron chi connectivity index (χ4n) is 2.19. The fraction of sp³-hybridized carbons (Fsp3) is 0.263. The number of nitro groups is 1. The topological polar surface area (TPSA) is 108 Å². The highest BCUT2D eigenvalue weighted by Crippen LogP contribution is 2.26. The van der Waals surface area contributed by atoms with Crippen LogP contribution in [0.3, 0.4) is 0 Å². The molecule has 0 aliphatic rings. The number of esters is 1. The van der Waals surface area contributed by atoms with Crippen LogP contribution in [0.1, 0.15) is 19.8 Å². The lowest BCUT2D eigenvalue weighted by Gasteiger charge is -2.14. The predicted octanol–water partition coefficient (Wildman–Crippen LogP) is 3.98. The molecular weight excluding hydrogens is 388 g/mol. The molecule has 1 amide bonds. The Labute approximate surface area is 166 Å². The molecule has 9 heteroatoms. The third-order valence-corrected chi connectivity index (χ3v) is 3.95. The molecule has 2 aromatic carbocycles. The highest BCUT2D eigenvalue weighted by Gasteiger charge is 2.19. The van der Waals surface area contributed by atoms with E-state index in [-0.39, 0.29) is 22.8 Å². The van der Waals surface area contributed by atoms with Crippen molar-refractivity contribution in [2.75, 3.05) is 11.9 Å². The van der Waals surface area contributed by atoms with Crippen LogP contribution in [0.25, 0.3) is 0 Å². The van der Waals surface area contributed by atoms with Crippen LogP contribution < -0.4 is 10.1 Å². The number of ether oxygens (including phenoxy) is 2. The van der Waals surface area contributed by atoms with Gasteiger partial charge in [0, 0.05) is 18.6 Å². The highest BCUT2D eigenvalue weighted by atomic mass is 35.5. The SMILES string of the molecule is CC(OC(=O)CCCOc1ccccc1)C(=O)Nc1ccc([N+](=O)[O-])cc1Cl. The molecule has 0 spiro atoms. The molecule has 0 heterocycles. The summed E-state index contributed by atoms with van der Waals surface area (Å²) in [7, 11) is 0. The summed E-state index contributed by atoms with van der Waals surface area (Å²) in [5.74, 6) is -0.415. The molecule has 2 aromatic rings. The Bertz CT molecular complexity index is 844. The van der Waals surface area contributed by atoms with Crippen LogP contribution in [-0.2, 0) is 14.3 Å². The first-order valence-electron chi connectivity index (χ1n) is 8.49. The maximum atomic E-state index is 12.1. The number of halogens is 1. The number of hydrogen-bond donors (Lipinski definition) is 1. The molecular formula is C19H19ClN2O6. The summed E-state index contributed by atoms with van der Waals surface area (Å²) in [5, 5.41) is 13.2. The first-order chi connectivity index (χ1) is 13.4. The number of anilines is 1. The van der Waals surface area contributed by atoms with E-state index >= 15 is 0 Å². The van der Waals surface area contributed by atoms with Gasteiger partial charge in [-0.25, -0.2) is 0 Å². The van der Waals surface area contributed by atoms with Gasteiger partial charge < -0.3 is 14.8 Å². The number of nitrogens with zero attached hydrogens (tertiary/aromatic N) is 1. The van der Waals surface area contributed by atoms with Crippen LogP contribution in [0.15, 0.2) is 48.5 Å². The number of para-hydroxylation sites is 1. The average molecular weight is 407 g/mol. The van der Waals surface area contributed by atoms with E-state index in [0.717, 1.165) is 6.07 Å². The van der Waals surface area contributed by atoms with Crippen molar-refractivity contribution in [3.63, 3.8) is 0 Å². The van der Waals surface area contributed by atoms with Crippen molar-refractivity contribution in [1.29, 1.82) is 0 Å². The second-order valence-electron chi connectivity index (χ2n) is 5.81. The second-order valence-corrected chi connectivity index (χ2v) is 6.21. The van der Waals surface area contributed by atoms with E-state index in [9.17, 15) is 19.7 Å². The van der Waals surface area contributed by atoms with Crippen molar-refractivity contribution in [1.82, 2.24) is 0 Å². The zero-order valence-corrected chi connectivity index (χ0v) is 15.8. The number of nitro benzene ring substituents is 1. The monoisotopic (exact) mass is 406 g/mol. The molecule has 0 saturated heterocycles. The Morgan fingerprint density at radius 2 is 1.93 bits per heavy atom. The fourth-order valence-corrected chi connectivity index (χ4v) is 2.41. The minimum absolute atomic E-state index is 0.0131. The van der Waals surface area contributed by atoms with E-state index in [0.29, 0.717) is 18.8 Å². The lowest BCUT2D eigenvalue weighted by Crippen LogP contribution is -2.30. The molecule has 0 saturated carbocycles. The summed E-state index contributed by atoms with van der Waals surface area (Å²) >= 11 is 5.92. The molecule has 0 fully saturated rings. The van der Waals surface area contributed by atoms with Crippen LogP contribution in [0.4, 0.5) is 11.4 Å². The quantitative estimate of drug-likeness (QED) is 0.292. The van der Waals surface area contributed by atoms with Gasteiger partial charge in [0.05, 0.1) is 22.2 Å². The molecule has 0 bridgehead atoms. The van der Waals surface area contributed by atoms with Crippen LogP contribution in [0.2, 0.25) is 5.02 Å². The van der Waals surface area contributed by atoms with Crippen molar-refractivity contribution in [2.24, 2.45) is 0 Å². The number of benzene rings is 2. The highest BCUT2D eigenvalue weighted by molar-refractivity contribution is 6.34. The molecule has 8 nitrogen and oxygen atoms in total. The Balaban J connectivity index is 1.75. The molecule has 1 N–H and O–H groups in total. The zero-order chi connectivity index (χ0) is 20.5. The number of carbonyl (C=O) groups excluding carboxylic acids is 2. The Hall–Kier alpha value is -3.13. The van der Waals surface area contributed by atoms with E-state index in [4.69, 9.17) is 21.1 Å². The second kappa shape index (κ2) is 10.3. The summed E-state index contributed by atoms with van der Waals surface area (Å²) in [5.41, 5.74) is -0.00313. The van der Waals surface area contributed by atoms with Crippen LogP contribution >= 0.6 is 11.6 Å². The van der Waals surface area contributed by atoms with E-state index in [2.05, 4.69) is 5.32 Å². The predicted molar refractivity (Wildman–Crippen MR) is 103 cm³/mol. The molecule has 2 rings (SSSR count). The molecule has 0 aliphatic carbocycles. The number of nitrogens with one attached hydrogen (secondary N) is 1. The third-order valence-electron chi connectivity index (χ3n) is 3.64. The number of rotatable bonds is 9. The zero-order valence-electron chi connectivity index (χ0n) is 15.1. The van der Waals surface area contributed by atoms with Crippen LogP contribution in [0.5, 0.6) is 5.75 Å². The minimum Gasteiger partial charge on any atom is -0.494 e. The smallest absolute Gasteiger partial charge is 0.306 e. The van der Waals surface area contributed by atoms with Crippen molar-refractivity contribution in [3.05, 3.63) is 63.7 Å². The van der Waals surface area contributed by atoms with Gasteiger partial charge in [-0.15, -0.1) is 0 Å². The molecule has 28 heavy (non-hydrogen) atoms. The molecule has 148 valence electrons. The van der Waals surface area contributed by atoms with Crippen LogP contribution in [-0.4, -0.2) is 29.5 Å². The van der Waals surface area contributed by atoms with E-state index in [1.54, 1.807) is 0 Å². The number of carbonyl (C=O) groups is 2. The van der Waals surface area contributed by atoms with E-state index in [1.165, 1.54) is 19.1 Å². The van der Waals surface area contributed by atoms with Gasteiger partial charge in [-0.2, -0.15) is 0 Å². The Kier molecular flexibility index (Phi) is 7.76. The van der Waals surface area contributed by atoms with E-state index < -0.39 is 22.9 Å². The lowest BCUT2D eigenvalue weighted by molar-refractivity contribution is -0.384. The minimum atomic E-state index is -1.05. The van der Waals surface area contributed by atoms with Crippen molar-refractivity contribution >= 4 is 34.9 Å². The third kappa shape index (κ3) is 6.55. The first-order valence-corrected chi connectivity index (χ1v) is 8.86. The van der Waals surface area contributed by atoms with Gasteiger partial charge in [0.25, 0.3) is 11.6 Å². The summed E-state index contributed by atoms with van der Waals surface area (Å²) in [6.45, 7) is 1.77. The largest absolute Gasteiger partial charge is 0.494 e. The van der Waals surface area contributed by atoms with Crippen molar-refractivity contribution in [3.8, 4) is 5.75 Å². The summed E-state index contributed by atoms with van der Waals surface area (Å²) in [6.07, 6.45) is -0.507. The average Bonchev–Trinajstić information content (AvgIpc) is 2.67. The number of amides is 1. The molecule has 0 aliphatic heterocycles. The summed E-state index contributed by atoms with van der Waals surface area (Å²) in [4.78, 5) is 34.1. The lowest BCUT2D eigenvalue weighted by atomic mass is 10.2. The molecule has 0 radical (unpaired) electrons. The standard InChI is InChI=1S/C19H19ClN2O6/c1-13(19(24)21-17-10-9-14(22(25)26)12-16(17)20)28-18(23)8-5-11-27-15-6-3-2-4-7-15/h2-4,6-7,9-10,12-13H,5,8,11H2,1H3,(H,21,24). The number of non-ortho nitro benzene ring substituents is 1. The summed E-state index contributed by atoms with van der Waals surface area (Å²) < 4.78 is 10.6. The van der Waals surface area contributed by atoms with E-state index in [1.807, 2.05) is 30.3 Å². The van der Waals surface area contributed by atoms with Crippen molar-refractivity contribution in [2.45, 2.75) is 25.9 Å². The van der Waals surface area contributed by atoms with Gasteiger partial charge in [0.1, 0.15) is 5.75 Å². The Morgan fingerprint density at radius 3 is 2.57 bits per heavy atom. The van der Waals surface area contributed by atoms with Gasteiger partial charge in [-0.3, -0.25) is 19.7 Å². The molecule has 0 aromatic heterocycles. The molecule has 1 atom stereocenters. The normalized spacial score (nSPS) is 11.4. The Morgan fingerprint density at radius 1 is 1.21 bits per heavy atom. The van der Waals surface area contributed by atoms with Crippen LogP contribution in [0, 0.1) is 10.1 Å². The maximum absolute atomic E-state index is 12.1. The summed E-state index contributed by atoms with van der Waals surface area (Å²) in [6, 6.07) is 12.9. The maximum Gasteiger partial charge on any atom is 0.306 e. The van der Waals surface area contributed by atoms with Gasteiger partial charge in [-0.1, -0.05) is 29.8 Å². The van der Waals surface area contributed by atoms with Gasteiger partial charge in [0.2, 0.25) is 0 Å². The first kappa shape index (κ1) is 21.2.